The van der Waals surface area contributed by atoms with Gasteiger partial charge in [-0.15, -0.1) is 6.58 Å². The number of hydrogen-bond donors (Lipinski definition) is 0. The Morgan fingerprint density at radius 1 is 1.19 bits per heavy atom. The van der Waals surface area contributed by atoms with E-state index in [0.29, 0.717) is 22.3 Å². The highest BCUT2D eigenvalue weighted by atomic mass is 19.3. The number of rotatable bonds is 7. The molecular formula is C23H27F3O. The fourth-order valence-corrected chi connectivity index (χ4v) is 4.26. The number of allylic oxidation sites excluding steroid dienone is 1. The Kier molecular flexibility index (Phi) is 6.46. The molecule has 3 rings (SSSR count). The van der Waals surface area contributed by atoms with Crippen molar-refractivity contribution >= 4 is 10.8 Å². The summed E-state index contributed by atoms with van der Waals surface area (Å²) < 4.78 is 46.2. The molecule has 2 aromatic rings. The van der Waals surface area contributed by atoms with Crippen LogP contribution >= 0.6 is 0 Å². The Morgan fingerprint density at radius 2 is 1.93 bits per heavy atom. The van der Waals surface area contributed by atoms with Gasteiger partial charge in [-0.2, -0.15) is 8.78 Å². The zero-order valence-electron chi connectivity index (χ0n) is 15.8. The maximum absolute atomic E-state index is 15.4. The monoisotopic (exact) mass is 376 g/mol. The summed E-state index contributed by atoms with van der Waals surface area (Å²) in [5, 5.41) is 1.09. The van der Waals surface area contributed by atoms with Crippen LogP contribution in [-0.4, -0.2) is 6.61 Å². The molecule has 1 fully saturated rings. The average Bonchev–Trinajstić information content (AvgIpc) is 2.66. The highest BCUT2D eigenvalue weighted by Gasteiger charge is 2.28. The summed E-state index contributed by atoms with van der Waals surface area (Å²) in [7, 11) is 0. The zero-order chi connectivity index (χ0) is 19.4. The number of aryl methyl sites for hydroxylation is 1. The highest BCUT2D eigenvalue weighted by molar-refractivity contribution is 5.86. The molecule has 146 valence electrons. The standard InChI is InChI=1S/C23H27F3O/c1-3-5-6-16-9-12-19-18(13-16)14-20(27-23(25)26)21(22(19)24)17-10-7-15(4-2)8-11-17/h3,9,12-15,17,23H,1,4-8,10-11H2,2H3. The number of halogens is 3. The molecule has 1 saturated carbocycles. The molecule has 4 heteroatoms. The Hall–Kier alpha value is -1.97. The van der Waals surface area contributed by atoms with E-state index in [2.05, 4.69) is 13.5 Å². The van der Waals surface area contributed by atoms with Gasteiger partial charge in [-0.05, 0) is 67.4 Å². The second kappa shape index (κ2) is 8.81. The number of fused-ring (bicyclic) bond motifs is 1. The predicted molar refractivity (Wildman–Crippen MR) is 104 cm³/mol. The Bertz CT molecular complexity index is 792. The average molecular weight is 376 g/mol. The van der Waals surface area contributed by atoms with Crippen LogP contribution in [0.3, 0.4) is 0 Å². The van der Waals surface area contributed by atoms with Gasteiger partial charge in [0.25, 0.3) is 0 Å². The van der Waals surface area contributed by atoms with Crippen molar-refractivity contribution in [1.82, 2.24) is 0 Å². The summed E-state index contributed by atoms with van der Waals surface area (Å²) in [4.78, 5) is 0. The first-order valence-corrected chi connectivity index (χ1v) is 9.84. The van der Waals surface area contributed by atoms with E-state index in [4.69, 9.17) is 4.74 Å². The summed E-state index contributed by atoms with van der Waals surface area (Å²) in [6, 6.07) is 7.11. The van der Waals surface area contributed by atoms with Crippen LogP contribution in [0.4, 0.5) is 13.2 Å². The molecule has 0 heterocycles. The molecule has 0 aromatic heterocycles. The lowest BCUT2D eigenvalue weighted by Gasteiger charge is -2.29. The van der Waals surface area contributed by atoms with Crippen molar-refractivity contribution in [3.05, 3.63) is 53.9 Å². The van der Waals surface area contributed by atoms with Gasteiger partial charge < -0.3 is 4.74 Å². The molecule has 1 aliphatic rings. The number of hydrogen-bond acceptors (Lipinski definition) is 1. The first-order valence-electron chi connectivity index (χ1n) is 9.84. The molecule has 0 unspecified atom stereocenters. The van der Waals surface area contributed by atoms with E-state index in [1.165, 1.54) is 0 Å². The van der Waals surface area contributed by atoms with Gasteiger partial charge in [0.1, 0.15) is 11.6 Å². The number of ether oxygens (including phenoxy) is 1. The largest absolute Gasteiger partial charge is 0.434 e. The minimum absolute atomic E-state index is 0.00387. The third-order valence-electron chi connectivity index (χ3n) is 5.83. The number of alkyl halides is 2. The molecule has 0 amide bonds. The van der Waals surface area contributed by atoms with Crippen molar-refractivity contribution in [2.24, 2.45) is 5.92 Å². The molecule has 27 heavy (non-hydrogen) atoms. The van der Waals surface area contributed by atoms with Gasteiger partial charge >= 0.3 is 6.61 Å². The predicted octanol–water partition coefficient (Wildman–Crippen LogP) is 7.38. The summed E-state index contributed by atoms with van der Waals surface area (Å²) in [5.41, 5.74) is 1.36. The van der Waals surface area contributed by atoms with Gasteiger partial charge in [0, 0.05) is 10.9 Å². The molecule has 0 spiro atoms. The van der Waals surface area contributed by atoms with Gasteiger partial charge in [0.2, 0.25) is 0 Å². The van der Waals surface area contributed by atoms with Crippen molar-refractivity contribution in [3.63, 3.8) is 0 Å². The van der Waals surface area contributed by atoms with Gasteiger partial charge in [-0.3, -0.25) is 0 Å². The fraction of sp³-hybridized carbons (Fsp3) is 0.478. The van der Waals surface area contributed by atoms with Gasteiger partial charge in [0.15, 0.2) is 0 Å². The maximum Gasteiger partial charge on any atom is 0.387 e. The molecule has 0 N–H and O–H groups in total. The van der Waals surface area contributed by atoms with Crippen LogP contribution in [0.15, 0.2) is 36.9 Å². The van der Waals surface area contributed by atoms with Crippen molar-refractivity contribution in [3.8, 4) is 5.75 Å². The van der Waals surface area contributed by atoms with Crippen LogP contribution in [0.25, 0.3) is 10.8 Å². The summed E-state index contributed by atoms with van der Waals surface area (Å²) in [6.07, 6.45) is 8.19. The van der Waals surface area contributed by atoms with Crippen LogP contribution < -0.4 is 4.74 Å². The van der Waals surface area contributed by atoms with Crippen LogP contribution in [0.2, 0.25) is 0 Å². The molecule has 0 radical (unpaired) electrons. The fourth-order valence-electron chi connectivity index (χ4n) is 4.26. The summed E-state index contributed by atoms with van der Waals surface area (Å²) in [5.74, 6) is 0.178. The van der Waals surface area contributed by atoms with Crippen molar-refractivity contribution in [1.29, 1.82) is 0 Å². The molecule has 0 saturated heterocycles. The highest BCUT2D eigenvalue weighted by Crippen LogP contribution is 2.44. The molecule has 0 bridgehead atoms. The molecule has 0 aliphatic heterocycles. The lowest BCUT2D eigenvalue weighted by molar-refractivity contribution is -0.0508. The Labute approximate surface area is 159 Å². The minimum Gasteiger partial charge on any atom is -0.434 e. The Balaban J connectivity index is 2.02. The molecular weight excluding hydrogens is 349 g/mol. The smallest absolute Gasteiger partial charge is 0.387 e. The van der Waals surface area contributed by atoms with Crippen LogP contribution in [0, 0.1) is 11.7 Å². The van der Waals surface area contributed by atoms with Crippen LogP contribution in [0.5, 0.6) is 5.75 Å². The van der Waals surface area contributed by atoms with Gasteiger partial charge in [-0.25, -0.2) is 4.39 Å². The quantitative estimate of drug-likeness (QED) is 0.458. The zero-order valence-corrected chi connectivity index (χ0v) is 15.8. The maximum atomic E-state index is 15.4. The SMILES string of the molecule is C=CCCc1ccc2c(F)c(C3CCC(CC)CC3)c(OC(F)F)cc2c1. The molecule has 0 atom stereocenters. The summed E-state index contributed by atoms with van der Waals surface area (Å²) >= 11 is 0. The van der Waals surface area contributed by atoms with Crippen LogP contribution in [0.1, 0.15) is 62.5 Å². The normalized spacial score (nSPS) is 20.2. The second-order valence-corrected chi connectivity index (χ2v) is 7.49. The summed E-state index contributed by atoms with van der Waals surface area (Å²) in [6.45, 7) is 2.91. The number of benzene rings is 2. The van der Waals surface area contributed by atoms with E-state index < -0.39 is 12.4 Å². The third-order valence-corrected chi connectivity index (χ3v) is 5.83. The van der Waals surface area contributed by atoms with Crippen molar-refractivity contribution in [2.45, 2.75) is 64.4 Å². The first kappa shape index (κ1) is 19.8. The Morgan fingerprint density at radius 3 is 2.56 bits per heavy atom. The van der Waals surface area contributed by atoms with E-state index in [1.807, 2.05) is 18.2 Å². The minimum atomic E-state index is -2.96. The van der Waals surface area contributed by atoms with E-state index in [1.54, 1.807) is 12.1 Å². The van der Waals surface area contributed by atoms with Gasteiger partial charge in [-0.1, -0.05) is 37.6 Å². The van der Waals surface area contributed by atoms with E-state index in [0.717, 1.165) is 50.5 Å². The lowest BCUT2D eigenvalue weighted by atomic mass is 9.77. The van der Waals surface area contributed by atoms with E-state index in [-0.39, 0.29) is 11.7 Å². The van der Waals surface area contributed by atoms with Crippen LogP contribution in [-0.2, 0) is 6.42 Å². The van der Waals surface area contributed by atoms with Crippen molar-refractivity contribution in [2.75, 3.05) is 0 Å². The van der Waals surface area contributed by atoms with Gasteiger partial charge in [0.05, 0.1) is 0 Å². The molecule has 1 nitrogen and oxygen atoms in total. The topological polar surface area (TPSA) is 9.23 Å². The lowest BCUT2D eigenvalue weighted by Crippen LogP contribution is -2.16. The first-order chi connectivity index (χ1) is 13.0. The second-order valence-electron chi connectivity index (χ2n) is 7.49. The third kappa shape index (κ3) is 4.48. The molecule has 1 aliphatic carbocycles. The van der Waals surface area contributed by atoms with E-state index >= 15 is 4.39 Å². The van der Waals surface area contributed by atoms with E-state index in [9.17, 15) is 8.78 Å². The molecule has 2 aromatic carbocycles. The van der Waals surface area contributed by atoms with Crippen molar-refractivity contribution < 1.29 is 17.9 Å².